The van der Waals surface area contributed by atoms with E-state index in [1.54, 1.807) is 43.2 Å². The SMILES string of the molecule is COc1ccc(-n2ncc(C(=O)[C@@H]3CCCN3C(=O)c3cnc(C)cn3)c2N)cc1. The van der Waals surface area contributed by atoms with E-state index in [1.165, 1.54) is 23.3 Å². The first kappa shape index (κ1) is 19.6. The van der Waals surface area contributed by atoms with Crippen molar-refractivity contribution in [2.24, 2.45) is 0 Å². The van der Waals surface area contributed by atoms with Gasteiger partial charge in [-0.3, -0.25) is 14.6 Å². The van der Waals surface area contributed by atoms with Crippen LogP contribution < -0.4 is 10.5 Å². The predicted octanol–water partition coefficient (Wildman–Crippen LogP) is 2.05. The monoisotopic (exact) mass is 406 g/mol. The van der Waals surface area contributed by atoms with Crippen molar-refractivity contribution < 1.29 is 14.3 Å². The Hall–Kier alpha value is -3.75. The van der Waals surface area contributed by atoms with E-state index < -0.39 is 6.04 Å². The number of benzene rings is 1. The molecule has 0 bridgehead atoms. The highest BCUT2D eigenvalue weighted by atomic mass is 16.5. The van der Waals surface area contributed by atoms with Crippen molar-refractivity contribution in [1.29, 1.82) is 0 Å². The number of anilines is 1. The molecule has 3 heterocycles. The zero-order valence-corrected chi connectivity index (χ0v) is 16.8. The number of ketones is 1. The van der Waals surface area contributed by atoms with E-state index in [0.717, 1.165) is 12.1 Å². The number of aromatic nitrogens is 4. The number of Topliss-reactive ketones (excluding diaryl/α,β-unsaturated/α-hetero) is 1. The second-order valence-corrected chi connectivity index (χ2v) is 7.12. The van der Waals surface area contributed by atoms with Gasteiger partial charge < -0.3 is 15.4 Å². The van der Waals surface area contributed by atoms with Gasteiger partial charge in [0.25, 0.3) is 5.91 Å². The number of ether oxygens (including phenoxy) is 1. The topological polar surface area (TPSA) is 116 Å². The van der Waals surface area contributed by atoms with Gasteiger partial charge in [-0.1, -0.05) is 0 Å². The number of amides is 1. The maximum atomic E-state index is 13.2. The summed E-state index contributed by atoms with van der Waals surface area (Å²) in [7, 11) is 1.59. The number of hydrogen-bond acceptors (Lipinski definition) is 7. The van der Waals surface area contributed by atoms with Gasteiger partial charge in [0, 0.05) is 12.7 Å². The summed E-state index contributed by atoms with van der Waals surface area (Å²) in [4.78, 5) is 35.9. The Balaban J connectivity index is 1.58. The first-order valence-corrected chi connectivity index (χ1v) is 9.61. The van der Waals surface area contributed by atoms with Crippen LogP contribution in [0.25, 0.3) is 5.69 Å². The molecular formula is C21H22N6O3. The Morgan fingerprint density at radius 3 is 2.57 bits per heavy atom. The Morgan fingerprint density at radius 1 is 1.13 bits per heavy atom. The van der Waals surface area contributed by atoms with Crippen LogP contribution in [-0.4, -0.2) is 56.0 Å². The number of rotatable bonds is 5. The first-order chi connectivity index (χ1) is 14.5. The van der Waals surface area contributed by atoms with Crippen LogP contribution in [0.4, 0.5) is 5.82 Å². The number of nitrogen functional groups attached to an aromatic ring is 1. The summed E-state index contributed by atoms with van der Waals surface area (Å²) in [5.41, 5.74) is 8.20. The van der Waals surface area contributed by atoms with Crippen LogP contribution >= 0.6 is 0 Å². The molecular weight excluding hydrogens is 384 g/mol. The minimum Gasteiger partial charge on any atom is -0.497 e. The molecule has 30 heavy (non-hydrogen) atoms. The highest BCUT2D eigenvalue weighted by molar-refractivity contribution is 6.06. The van der Waals surface area contributed by atoms with Gasteiger partial charge in [0.15, 0.2) is 5.78 Å². The Bertz CT molecular complexity index is 1080. The summed E-state index contributed by atoms with van der Waals surface area (Å²) in [5.74, 6) is 0.414. The molecule has 1 saturated heterocycles. The molecule has 4 rings (SSSR count). The van der Waals surface area contributed by atoms with Gasteiger partial charge >= 0.3 is 0 Å². The lowest BCUT2D eigenvalue weighted by molar-refractivity contribution is 0.0667. The minimum atomic E-state index is -0.601. The lowest BCUT2D eigenvalue weighted by atomic mass is 10.0. The molecule has 0 saturated carbocycles. The maximum Gasteiger partial charge on any atom is 0.274 e. The summed E-state index contributed by atoms with van der Waals surface area (Å²) < 4.78 is 6.66. The normalized spacial score (nSPS) is 15.9. The fraction of sp³-hybridized carbons (Fsp3) is 0.286. The fourth-order valence-corrected chi connectivity index (χ4v) is 3.59. The van der Waals surface area contributed by atoms with Crippen molar-refractivity contribution in [2.45, 2.75) is 25.8 Å². The van der Waals surface area contributed by atoms with Crippen LogP contribution in [0.15, 0.2) is 42.9 Å². The van der Waals surface area contributed by atoms with Crippen molar-refractivity contribution in [3.63, 3.8) is 0 Å². The highest BCUT2D eigenvalue weighted by Crippen LogP contribution is 2.26. The number of hydrogen-bond donors (Lipinski definition) is 1. The molecule has 0 unspecified atom stereocenters. The number of nitrogens with two attached hydrogens (primary N) is 1. The fourth-order valence-electron chi connectivity index (χ4n) is 3.59. The van der Waals surface area contributed by atoms with E-state index >= 15 is 0 Å². The third kappa shape index (κ3) is 3.49. The lowest BCUT2D eigenvalue weighted by Crippen LogP contribution is -2.41. The molecule has 1 aliphatic heterocycles. The van der Waals surface area contributed by atoms with E-state index in [1.807, 2.05) is 0 Å². The molecule has 1 atom stereocenters. The molecule has 1 aliphatic rings. The molecule has 0 radical (unpaired) electrons. The second-order valence-electron chi connectivity index (χ2n) is 7.12. The van der Waals surface area contributed by atoms with Crippen LogP contribution in [0, 0.1) is 6.92 Å². The van der Waals surface area contributed by atoms with Crippen LogP contribution in [0.1, 0.15) is 39.4 Å². The van der Waals surface area contributed by atoms with Gasteiger partial charge in [0.2, 0.25) is 0 Å². The Kier molecular flexibility index (Phi) is 5.18. The zero-order valence-electron chi connectivity index (χ0n) is 16.8. The van der Waals surface area contributed by atoms with Crippen molar-refractivity contribution in [3.8, 4) is 11.4 Å². The average molecular weight is 406 g/mol. The van der Waals surface area contributed by atoms with Gasteiger partial charge in [-0.25, -0.2) is 9.67 Å². The minimum absolute atomic E-state index is 0.224. The van der Waals surface area contributed by atoms with Crippen LogP contribution in [0.3, 0.4) is 0 Å². The van der Waals surface area contributed by atoms with E-state index in [4.69, 9.17) is 10.5 Å². The molecule has 3 aromatic rings. The zero-order chi connectivity index (χ0) is 21.3. The average Bonchev–Trinajstić information content (AvgIpc) is 3.40. The third-order valence-electron chi connectivity index (χ3n) is 5.21. The van der Waals surface area contributed by atoms with Crippen molar-refractivity contribution in [3.05, 3.63) is 59.8 Å². The number of carbonyl (C=O) groups is 2. The van der Waals surface area contributed by atoms with Crippen LogP contribution in [-0.2, 0) is 0 Å². The van der Waals surface area contributed by atoms with E-state index in [-0.39, 0.29) is 23.2 Å². The third-order valence-corrected chi connectivity index (χ3v) is 5.21. The van der Waals surface area contributed by atoms with Crippen molar-refractivity contribution in [1.82, 2.24) is 24.6 Å². The van der Waals surface area contributed by atoms with Gasteiger partial charge in [0.1, 0.15) is 17.3 Å². The second kappa shape index (κ2) is 7.94. The molecule has 154 valence electrons. The molecule has 9 heteroatoms. The molecule has 9 nitrogen and oxygen atoms in total. The maximum absolute atomic E-state index is 13.2. The molecule has 0 aliphatic carbocycles. The predicted molar refractivity (Wildman–Crippen MR) is 110 cm³/mol. The summed E-state index contributed by atoms with van der Waals surface area (Å²) in [6.45, 7) is 2.28. The Labute approximate surface area is 173 Å². The number of carbonyl (C=O) groups excluding carboxylic acids is 2. The standard InChI is InChI=1S/C21H22N6O3/c1-13-10-24-17(12-23-13)21(29)26-9-3-4-18(26)19(28)16-11-25-27(20(16)22)14-5-7-15(30-2)8-6-14/h5-8,10-12,18H,3-4,9,22H2,1-2H3/t18-/m0/s1. The number of likely N-dealkylation sites (tertiary alicyclic amines) is 1. The van der Waals surface area contributed by atoms with Gasteiger partial charge in [0.05, 0.1) is 42.5 Å². The molecule has 1 fully saturated rings. The van der Waals surface area contributed by atoms with E-state index in [2.05, 4.69) is 15.1 Å². The summed E-state index contributed by atoms with van der Waals surface area (Å²) in [5, 5.41) is 4.28. The number of aryl methyl sites for hydroxylation is 1. The quantitative estimate of drug-likeness (QED) is 0.645. The highest BCUT2D eigenvalue weighted by Gasteiger charge is 2.37. The molecule has 1 amide bonds. The van der Waals surface area contributed by atoms with Crippen LogP contribution in [0.5, 0.6) is 5.75 Å². The molecule has 2 N–H and O–H groups in total. The lowest BCUT2D eigenvalue weighted by Gasteiger charge is -2.23. The Morgan fingerprint density at radius 2 is 1.90 bits per heavy atom. The summed E-state index contributed by atoms with van der Waals surface area (Å²) >= 11 is 0. The summed E-state index contributed by atoms with van der Waals surface area (Å²) in [6, 6.07) is 6.59. The van der Waals surface area contributed by atoms with E-state index in [9.17, 15) is 9.59 Å². The van der Waals surface area contributed by atoms with Gasteiger partial charge in [-0.05, 0) is 44.0 Å². The first-order valence-electron chi connectivity index (χ1n) is 9.61. The molecule has 0 spiro atoms. The van der Waals surface area contributed by atoms with Gasteiger partial charge in [-0.2, -0.15) is 5.10 Å². The molecule has 1 aromatic carbocycles. The van der Waals surface area contributed by atoms with Gasteiger partial charge in [-0.15, -0.1) is 0 Å². The van der Waals surface area contributed by atoms with Crippen molar-refractivity contribution >= 4 is 17.5 Å². The smallest absolute Gasteiger partial charge is 0.274 e. The molecule has 2 aromatic heterocycles. The number of methoxy groups -OCH3 is 1. The van der Waals surface area contributed by atoms with Crippen LogP contribution in [0.2, 0.25) is 0 Å². The van der Waals surface area contributed by atoms with Crippen molar-refractivity contribution in [2.75, 3.05) is 19.4 Å². The number of nitrogens with zero attached hydrogens (tertiary/aromatic N) is 5. The summed E-state index contributed by atoms with van der Waals surface area (Å²) in [6.07, 6.45) is 5.73. The van der Waals surface area contributed by atoms with E-state index in [0.29, 0.717) is 30.0 Å². The largest absolute Gasteiger partial charge is 0.497 e.